The Kier molecular flexibility index (Phi) is 7.11. The monoisotopic (exact) mass is 377 g/mol. The molecule has 8 heteroatoms. The van der Waals surface area contributed by atoms with Crippen LogP contribution in [0.5, 0.6) is 23.0 Å². The smallest absolute Gasteiger partial charge is 0.203 e. The molecular weight excluding hydrogens is 358 g/mol. The molecule has 7 nitrogen and oxygen atoms in total. The standard InChI is InChI=1S/C18H20ClN3O4/c1-23-15-10-12(11-16(24-2)17(15)25-3)18(20)22-21-8-9-26-14-7-5-4-6-13(14)19/h4-8,10-11H,9H2,1-3H3,(H2,20,22)/b21-8+. The summed E-state index contributed by atoms with van der Waals surface area (Å²) in [7, 11) is 4.58. The van der Waals surface area contributed by atoms with Gasteiger partial charge in [0.25, 0.3) is 0 Å². The van der Waals surface area contributed by atoms with E-state index in [0.29, 0.717) is 33.6 Å². The Morgan fingerprint density at radius 2 is 1.69 bits per heavy atom. The molecule has 0 heterocycles. The molecule has 26 heavy (non-hydrogen) atoms. The Labute approximate surface area is 157 Å². The minimum atomic E-state index is 0.193. The molecule has 0 aromatic heterocycles. The van der Waals surface area contributed by atoms with Crippen molar-refractivity contribution in [1.29, 1.82) is 0 Å². The number of rotatable bonds is 8. The van der Waals surface area contributed by atoms with Crippen LogP contribution in [0.3, 0.4) is 0 Å². The Morgan fingerprint density at radius 3 is 2.27 bits per heavy atom. The summed E-state index contributed by atoms with van der Waals surface area (Å²) >= 11 is 6.00. The van der Waals surface area contributed by atoms with Crippen molar-refractivity contribution >= 4 is 23.7 Å². The largest absolute Gasteiger partial charge is 0.493 e. The number of halogens is 1. The summed E-state index contributed by atoms with van der Waals surface area (Å²) in [5.74, 6) is 2.20. The summed E-state index contributed by atoms with van der Waals surface area (Å²) in [6.45, 7) is 0.204. The van der Waals surface area contributed by atoms with Crippen LogP contribution in [0.2, 0.25) is 5.02 Å². The molecule has 0 unspecified atom stereocenters. The fourth-order valence-corrected chi connectivity index (χ4v) is 2.30. The zero-order valence-corrected chi connectivity index (χ0v) is 15.5. The fraction of sp³-hybridized carbons (Fsp3) is 0.222. The Bertz CT molecular complexity index is 784. The highest BCUT2D eigenvalue weighted by molar-refractivity contribution is 6.32. The molecule has 0 amide bonds. The van der Waals surface area contributed by atoms with Crippen molar-refractivity contribution in [3.63, 3.8) is 0 Å². The fourth-order valence-electron chi connectivity index (χ4n) is 2.11. The number of para-hydroxylation sites is 1. The van der Waals surface area contributed by atoms with Gasteiger partial charge in [-0.15, -0.1) is 5.10 Å². The van der Waals surface area contributed by atoms with E-state index in [0.717, 1.165) is 0 Å². The Balaban J connectivity index is 2.08. The van der Waals surface area contributed by atoms with Gasteiger partial charge in [-0.3, -0.25) is 0 Å². The van der Waals surface area contributed by atoms with E-state index < -0.39 is 0 Å². The van der Waals surface area contributed by atoms with Crippen LogP contribution in [-0.2, 0) is 0 Å². The van der Waals surface area contributed by atoms with Gasteiger partial charge in [0.2, 0.25) is 5.75 Å². The van der Waals surface area contributed by atoms with Gasteiger partial charge in [-0.1, -0.05) is 23.7 Å². The Morgan fingerprint density at radius 1 is 1.04 bits per heavy atom. The van der Waals surface area contributed by atoms with E-state index in [9.17, 15) is 0 Å². The molecule has 0 saturated heterocycles. The van der Waals surface area contributed by atoms with Gasteiger partial charge < -0.3 is 24.7 Å². The molecule has 2 aromatic carbocycles. The summed E-state index contributed by atoms with van der Waals surface area (Å²) in [6.07, 6.45) is 1.48. The van der Waals surface area contributed by atoms with Crippen LogP contribution in [0.25, 0.3) is 0 Å². The number of nitrogens with zero attached hydrogens (tertiary/aromatic N) is 2. The molecule has 0 saturated carbocycles. The molecule has 0 spiro atoms. The molecule has 0 fully saturated rings. The number of amidine groups is 1. The van der Waals surface area contributed by atoms with Crippen molar-refractivity contribution in [2.75, 3.05) is 27.9 Å². The van der Waals surface area contributed by atoms with Crippen molar-refractivity contribution < 1.29 is 18.9 Å². The van der Waals surface area contributed by atoms with Crippen molar-refractivity contribution in [1.82, 2.24) is 0 Å². The zero-order valence-electron chi connectivity index (χ0n) is 14.7. The minimum absolute atomic E-state index is 0.193. The van der Waals surface area contributed by atoms with Gasteiger partial charge in [0, 0.05) is 5.56 Å². The minimum Gasteiger partial charge on any atom is -0.493 e. The highest BCUT2D eigenvalue weighted by Gasteiger charge is 2.14. The van der Waals surface area contributed by atoms with Crippen LogP contribution in [0, 0.1) is 0 Å². The van der Waals surface area contributed by atoms with E-state index in [2.05, 4.69) is 10.2 Å². The first kappa shape index (κ1) is 19.4. The SMILES string of the molecule is COc1cc(/C(N)=N/N=C/COc2ccccc2Cl)cc(OC)c1OC. The summed E-state index contributed by atoms with van der Waals surface area (Å²) < 4.78 is 21.3. The number of hydrogen-bond donors (Lipinski definition) is 1. The predicted molar refractivity (Wildman–Crippen MR) is 102 cm³/mol. The summed E-state index contributed by atoms with van der Waals surface area (Å²) in [5, 5.41) is 8.39. The van der Waals surface area contributed by atoms with E-state index in [4.69, 9.17) is 36.3 Å². The lowest BCUT2D eigenvalue weighted by Crippen LogP contribution is -2.13. The second-order valence-electron chi connectivity index (χ2n) is 4.94. The van der Waals surface area contributed by atoms with E-state index in [1.807, 2.05) is 12.1 Å². The molecule has 0 atom stereocenters. The first-order valence-corrected chi connectivity index (χ1v) is 8.01. The molecule has 0 bridgehead atoms. The van der Waals surface area contributed by atoms with Crippen molar-refractivity contribution in [2.24, 2.45) is 15.9 Å². The maximum absolute atomic E-state index is 6.00. The van der Waals surface area contributed by atoms with E-state index in [-0.39, 0.29) is 12.4 Å². The van der Waals surface area contributed by atoms with E-state index in [1.54, 1.807) is 24.3 Å². The van der Waals surface area contributed by atoms with Gasteiger partial charge >= 0.3 is 0 Å². The molecule has 2 aromatic rings. The average molecular weight is 378 g/mol. The molecule has 0 aliphatic heterocycles. The van der Waals surface area contributed by atoms with Crippen LogP contribution >= 0.6 is 11.6 Å². The van der Waals surface area contributed by atoms with E-state index >= 15 is 0 Å². The first-order valence-electron chi connectivity index (χ1n) is 7.63. The second-order valence-corrected chi connectivity index (χ2v) is 5.35. The van der Waals surface area contributed by atoms with Gasteiger partial charge in [0.05, 0.1) is 32.6 Å². The van der Waals surface area contributed by atoms with Crippen molar-refractivity contribution in [3.8, 4) is 23.0 Å². The molecule has 138 valence electrons. The third kappa shape index (κ3) is 4.80. The quantitative estimate of drug-likeness (QED) is 0.434. The number of hydrogen-bond acceptors (Lipinski definition) is 6. The van der Waals surface area contributed by atoms with Gasteiger partial charge in [0.15, 0.2) is 17.3 Å². The highest BCUT2D eigenvalue weighted by atomic mass is 35.5. The predicted octanol–water partition coefficient (Wildman–Crippen LogP) is 3.14. The Hall–Kier alpha value is -2.93. The van der Waals surface area contributed by atoms with Crippen LogP contribution in [0.4, 0.5) is 0 Å². The summed E-state index contributed by atoms with van der Waals surface area (Å²) in [5.41, 5.74) is 6.56. The topological polar surface area (TPSA) is 87.7 Å². The second kappa shape index (κ2) is 9.53. The molecular formula is C18H20ClN3O4. The summed E-state index contributed by atoms with van der Waals surface area (Å²) in [4.78, 5) is 0. The molecule has 2 N–H and O–H groups in total. The average Bonchev–Trinajstić information content (AvgIpc) is 2.67. The van der Waals surface area contributed by atoms with Crippen LogP contribution in [-0.4, -0.2) is 40.0 Å². The van der Waals surface area contributed by atoms with Crippen LogP contribution < -0.4 is 24.7 Å². The lowest BCUT2D eigenvalue weighted by molar-refractivity contribution is 0.324. The maximum atomic E-state index is 6.00. The van der Waals surface area contributed by atoms with Crippen molar-refractivity contribution in [2.45, 2.75) is 0 Å². The van der Waals surface area contributed by atoms with Gasteiger partial charge in [-0.05, 0) is 24.3 Å². The zero-order chi connectivity index (χ0) is 18.9. The first-order chi connectivity index (χ1) is 12.6. The number of methoxy groups -OCH3 is 3. The third-order valence-corrected chi connectivity index (χ3v) is 3.67. The third-order valence-electron chi connectivity index (χ3n) is 3.36. The van der Waals surface area contributed by atoms with Crippen LogP contribution in [0.15, 0.2) is 46.6 Å². The normalized spacial score (nSPS) is 11.5. The number of benzene rings is 2. The van der Waals surface area contributed by atoms with Crippen molar-refractivity contribution in [3.05, 3.63) is 47.0 Å². The summed E-state index contributed by atoms with van der Waals surface area (Å²) in [6, 6.07) is 10.6. The van der Waals surface area contributed by atoms with Gasteiger partial charge in [-0.2, -0.15) is 5.10 Å². The van der Waals surface area contributed by atoms with Gasteiger partial charge in [-0.25, -0.2) is 0 Å². The molecule has 0 aliphatic carbocycles. The lowest BCUT2D eigenvalue weighted by atomic mass is 10.1. The lowest BCUT2D eigenvalue weighted by Gasteiger charge is -2.13. The molecule has 0 aliphatic rings. The molecule has 0 radical (unpaired) electrons. The van der Waals surface area contributed by atoms with Crippen LogP contribution in [0.1, 0.15) is 5.56 Å². The number of nitrogens with two attached hydrogens (primary N) is 1. The maximum Gasteiger partial charge on any atom is 0.203 e. The number of ether oxygens (including phenoxy) is 4. The van der Waals surface area contributed by atoms with Gasteiger partial charge in [0.1, 0.15) is 12.4 Å². The van der Waals surface area contributed by atoms with E-state index in [1.165, 1.54) is 27.5 Å². The highest BCUT2D eigenvalue weighted by Crippen LogP contribution is 2.38. The molecule has 2 rings (SSSR count).